The van der Waals surface area contributed by atoms with Crippen LogP contribution in [-0.2, 0) is 21.5 Å². The second-order valence-corrected chi connectivity index (χ2v) is 11.6. The van der Waals surface area contributed by atoms with E-state index in [1.54, 1.807) is 0 Å². The molecule has 33 heavy (non-hydrogen) atoms. The molecule has 3 atom stereocenters. The Balaban J connectivity index is 1.18. The molecule has 2 aliphatic carbocycles. The number of rotatable bonds is 3. The molecule has 2 saturated carbocycles. The summed E-state index contributed by atoms with van der Waals surface area (Å²) in [6.07, 6.45) is 12.8. The topological polar surface area (TPSA) is 43.9 Å². The van der Waals surface area contributed by atoms with E-state index in [0.29, 0.717) is 23.9 Å². The number of hydrogen-bond donors (Lipinski definition) is 0. The number of amides is 2. The van der Waals surface area contributed by atoms with Crippen LogP contribution in [0, 0.1) is 11.8 Å². The van der Waals surface area contributed by atoms with E-state index in [-0.39, 0.29) is 11.3 Å². The van der Waals surface area contributed by atoms with Gasteiger partial charge in [-0.3, -0.25) is 9.59 Å². The van der Waals surface area contributed by atoms with E-state index in [4.69, 9.17) is 0 Å². The number of carbonyl (C=O) groups excluding carboxylic acids is 2. The van der Waals surface area contributed by atoms with Crippen LogP contribution < -0.4 is 0 Å². The molecule has 3 heterocycles. The molecule has 2 amide bonds. The molecular formula is C28H39N3O2. The van der Waals surface area contributed by atoms with Gasteiger partial charge in [0.2, 0.25) is 12.3 Å². The second kappa shape index (κ2) is 8.72. The first-order chi connectivity index (χ1) is 16.2. The number of carbonyl (C=O) groups is 2. The zero-order valence-electron chi connectivity index (χ0n) is 20.0. The number of nitrogens with zero attached hydrogens (tertiary/aromatic N) is 3. The third-order valence-electron chi connectivity index (χ3n) is 9.92. The van der Waals surface area contributed by atoms with Crippen LogP contribution in [0.1, 0.15) is 75.3 Å². The lowest BCUT2D eigenvalue weighted by atomic mass is 9.68. The van der Waals surface area contributed by atoms with Crippen molar-refractivity contribution in [1.82, 2.24) is 14.7 Å². The van der Waals surface area contributed by atoms with E-state index in [1.165, 1.54) is 36.8 Å². The Morgan fingerprint density at radius 3 is 2.55 bits per heavy atom. The normalized spacial score (nSPS) is 32.1. The maximum atomic E-state index is 13.4. The highest BCUT2D eigenvalue weighted by Crippen LogP contribution is 2.45. The lowest BCUT2D eigenvalue weighted by molar-refractivity contribution is -0.138. The molecule has 0 radical (unpaired) electrons. The number of piperidine rings is 2. The smallest absolute Gasteiger partial charge is 0.226 e. The van der Waals surface area contributed by atoms with Gasteiger partial charge in [0.1, 0.15) is 0 Å². The van der Waals surface area contributed by atoms with Crippen molar-refractivity contribution in [3.8, 4) is 0 Å². The molecule has 1 aromatic rings. The summed E-state index contributed by atoms with van der Waals surface area (Å²) in [5.41, 5.74) is 2.99. The second-order valence-electron chi connectivity index (χ2n) is 11.6. The molecule has 3 unspecified atom stereocenters. The molecule has 0 bridgehead atoms. The van der Waals surface area contributed by atoms with Gasteiger partial charge >= 0.3 is 0 Å². The van der Waals surface area contributed by atoms with Crippen LogP contribution in [0.2, 0.25) is 0 Å². The summed E-state index contributed by atoms with van der Waals surface area (Å²) in [6.45, 7) is 4.88. The van der Waals surface area contributed by atoms with Gasteiger partial charge in [0, 0.05) is 43.1 Å². The molecule has 0 N–H and O–H groups in total. The van der Waals surface area contributed by atoms with Crippen molar-refractivity contribution >= 4 is 12.3 Å². The Morgan fingerprint density at radius 1 is 0.970 bits per heavy atom. The molecule has 3 aliphatic heterocycles. The SMILES string of the molecule is O=CN1CCCC2CC(N3CCC4(CC3)CN(C(=O)C3CCCC3)Cc3ccccc34)CC21. The third kappa shape index (κ3) is 3.80. The Kier molecular flexibility index (Phi) is 5.72. The highest BCUT2D eigenvalue weighted by molar-refractivity contribution is 5.79. The number of benzene rings is 1. The van der Waals surface area contributed by atoms with Crippen molar-refractivity contribution in [2.24, 2.45) is 11.8 Å². The van der Waals surface area contributed by atoms with Crippen LogP contribution in [0.5, 0.6) is 0 Å². The third-order valence-corrected chi connectivity index (χ3v) is 9.92. The van der Waals surface area contributed by atoms with Gasteiger partial charge in [-0.15, -0.1) is 0 Å². The summed E-state index contributed by atoms with van der Waals surface area (Å²) in [5.74, 6) is 1.37. The average Bonchev–Trinajstić information content (AvgIpc) is 3.54. The van der Waals surface area contributed by atoms with Crippen molar-refractivity contribution in [2.75, 3.05) is 26.2 Å². The lowest BCUT2D eigenvalue weighted by Gasteiger charge is -2.50. The van der Waals surface area contributed by atoms with Crippen molar-refractivity contribution in [1.29, 1.82) is 0 Å². The van der Waals surface area contributed by atoms with Gasteiger partial charge in [-0.1, -0.05) is 37.1 Å². The zero-order chi connectivity index (χ0) is 22.4. The molecule has 5 heteroatoms. The minimum absolute atomic E-state index is 0.111. The van der Waals surface area contributed by atoms with Gasteiger partial charge in [0.05, 0.1) is 0 Å². The van der Waals surface area contributed by atoms with E-state index in [2.05, 4.69) is 39.0 Å². The predicted molar refractivity (Wildman–Crippen MR) is 129 cm³/mol. The molecule has 0 aromatic heterocycles. The minimum atomic E-state index is 0.111. The fourth-order valence-corrected chi connectivity index (χ4v) is 8.14. The van der Waals surface area contributed by atoms with Crippen LogP contribution in [0.15, 0.2) is 24.3 Å². The fourth-order valence-electron chi connectivity index (χ4n) is 8.14. The molecule has 4 fully saturated rings. The summed E-state index contributed by atoms with van der Waals surface area (Å²) in [7, 11) is 0. The van der Waals surface area contributed by atoms with Crippen molar-refractivity contribution in [3.05, 3.63) is 35.4 Å². The predicted octanol–water partition coefficient (Wildman–Crippen LogP) is 3.95. The summed E-state index contributed by atoms with van der Waals surface area (Å²) < 4.78 is 0. The summed E-state index contributed by atoms with van der Waals surface area (Å²) in [5, 5.41) is 0. The van der Waals surface area contributed by atoms with E-state index >= 15 is 0 Å². The van der Waals surface area contributed by atoms with Crippen LogP contribution >= 0.6 is 0 Å². The largest absolute Gasteiger partial charge is 0.342 e. The molecule has 6 rings (SSSR count). The van der Waals surface area contributed by atoms with Gasteiger partial charge < -0.3 is 14.7 Å². The van der Waals surface area contributed by atoms with Crippen LogP contribution in [0.3, 0.4) is 0 Å². The monoisotopic (exact) mass is 449 g/mol. The molecule has 5 nitrogen and oxygen atoms in total. The van der Waals surface area contributed by atoms with Gasteiger partial charge in [0.15, 0.2) is 0 Å². The summed E-state index contributed by atoms with van der Waals surface area (Å²) >= 11 is 0. The summed E-state index contributed by atoms with van der Waals surface area (Å²) in [4.78, 5) is 32.0. The molecule has 2 saturated heterocycles. The first-order valence-corrected chi connectivity index (χ1v) is 13.5. The lowest BCUT2D eigenvalue weighted by Crippen LogP contribution is -2.55. The first-order valence-electron chi connectivity index (χ1n) is 13.5. The molecular weight excluding hydrogens is 410 g/mol. The van der Waals surface area contributed by atoms with Crippen LogP contribution in [-0.4, -0.2) is 65.3 Å². The average molecular weight is 450 g/mol. The number of likely N-dealkylation sites (tertiary alicyclic amines) is 2. The maximum absolute atomic E-state index is 13.4. The van der Waals surface area contributed by atoms with Crippen molar-refractivity contribution < 1.29 is 9.59 Å². The molecule has 5 aliphatic rings. The highest BCUT2D eigenvalue weighted by atomic mass is 16.2. The first kappa shape index (κ1) is 21.6. The van der Waals surface area contributed by atoms with Crippen molar-refractivity contribution in [3.63, 3.8) is 0 Å². The number of fused-ring (bicyclic) bond motifs is 3. The Labute approximate surface area is 198 Å². The van der Waals surface area contributed by atoms with Crippen LogP contribution in [0.4, 0.5) is 0 Å². The van der Waals surface area contributed by atoms with Gasteiger partial charge in [-0.25, -0.2) is 0 Å². The zero-order valence-corrected chi connectivity index (χ0v) is 20.0. The van der Waals surface area contributed by atoms with E-state index < -0.39 is 0 Å². The quantitative estimate of drug-likeness (QED) is 0.657. The fraction of sp³-hybridized carbons (Fsp3) is 0.714. The number of hydrogen-bond acceptors (Lipinski definition) is 3. The van der Waals surface area contributed by atoms with Crippen LogP contribution in [0.25, 0.3) is 0 Å². The van der Waals surface area contributed by atoms with Gasteiger partial charge in [-0.05, 0) is 81.5 Å². The summed E-state index contributed by atoms with van der Waals surface area (Å²) in [6, 6.07) is 10.0. The van der Waals surface area contributed by atoms with E-state index in [1.807, 2.05) is 0 Å². The highest BCUT2D eigenvalue weighted by Gasteiger charge is 2.47. The minimum Gasteiger partial charge on any atom is -0.342 e. The standard InChI is InChI=1S/C28H39N3O2/c32-20-30-13-5-9-22-16-24(17-26(22)30)29-14-11-28(12-15-29)19-31(27(33)21-6-1-2-7-21)18-23-8-3-4-10-25(23)28/h3-4,8,10,20-22,24,26H,1-2,5-7,9,11-19H2. The van der Waals surface area contributed by atoms with Crippen molar-refractivity contribution in [2.45, 2.75) is 88.3 Å². The Hall–Kier alpha value is -1.88. The Morgan fingerprint density at radius 2 is 1.76 bits per heavy atom. The van der Waals surface area contributed by atoms with Gasteiger partial charge in [0.25, 0.3) is 0 Å². The van der Waals surface area contributed by atoms with Gasteiger partial charge in [-0.2, -0.15) is 0 Å². The maximum Gasteiger partial charge on any atom is 0.226 e. The van der Waals surface area contributed by atoms with E-state index in [0.717, 1.165) is 77.7 Å². The molecule has 1 spiro atoms. The molecule has 1 aromatic carbocycles. The Bertz CT molecular complexity index is 887. The molecule has 178 valence electrons. The van der Waals surface area contributed by atoms with E-state index in [9.17, 15) is 9.59 Å².